The minimum absolute atomic E-state index is 0.213. The second-order valence-electron chi connectivity index (χ2n) is 5.95. The number of nitrogens with zero attached hydrogens (tertiary/aromatic N) is 1. The number of nitrogens with two attached hydrogens (primary N) is 1. The Morgan fingerprint density at radius 1 is 0.960 bits per heavy atom. The molecule has 0 spiro atoms. The van der Waals surface area contributed by atoms with Gasteiger partial charge in [-0.3, -0.25) is 4.79 Å². The number of hydrogen-bond acceptors (Lipinski definition) is 3. The molecule has 0 saturated heterocycles. The zero-order valence-corrected chi connectivity index (χ0v) is 14.7. The van der Waals surface area contributed by atoms with Gasteiger partial charge < -0.3 is 21.3 Å². The lowest BCUT2D eigenvalue weighted by Gasteiger charge is -2.27. The van der Waals surface area contributed by atoms with Crippen LogP contribution in [0.3, 0.4) is 0 Å². The van der Waals surface area contributed by atoms with Gasteiger partial charge in [0.25, 0.3) is 5.91 Å². The molecule has 3 amide bonds. The third-order valence-electron chi connectivity index (χ3n) is 3.84. The molecule has 0 atom stereocenters. The van der Waals surface area contributed by atoms with E-state index in [4.69, 9.17) is 5.73 Å². The number of rotatable bonds is 6. The van der Waals surface area contributed by atoms with Crippen LogP contribution < -0.4 is 21.3 Å². The smallest absolute Gasteiger partial charge is 0.316 e. The minimum Gasteiger partial charge on any atom is -0.369 e. The molecule has 0 bridgehead atoms. The summed E-state index contributed by atoms with van der Waals surface area (Å²) in [6.07, 6.45) is 0. The Morgan fingerprint density at radius 2 is 1.48 bits per heavy atom. The second kappa shape index (κ2) is 8.19. The normalized spacial score (nSPS) is 10.4. The van der Waals surface area contributed by atoms with Crippen LogP contribution in [0.2, 0.25) is 0 Å². The second-order valence-corrected chi connectivity index (χ2v) is 5.95. The predicted molar refractivity (Wildman–Crippen MR) is 102 cm³/mol. The molecule has 2 aromatic rings. The largest absolute Gasteiger partial charge is 0.369 e. The Hall–Kier alpha value is -3.02. The lowest BCUT2D eigenvalue weighted by atomic mass is 10.1. The van der Waals surface area contributed by atoms with Crippen molar-refractivity contribution in [2.24, 2.45) is 5.73 Å². The van der Waals surface area contributed by atoms with E-state index in [1.807, 2.05) is 24.3 Å². The third kappa shape index (κ3) is 4.97. The zero-order chi connectivity index (χ0) is 18.4. The summed E-state index contributed by atoms with van der Waals surface area (Å²) in [4.78, 5) is 25.4. The van der Waals surface area contributed by atoms with Crippen molar-refractivity contribution in [3.63, 3.8) is 0 Å². The molecule has 0 aliphatic carbocycles. The Morgan fingerprint density at radius 3 is 1.96 bits per heavy atom. The van der Waals surface area contributed by atoms with Crippen LogP contribution >= 0.6 is 0 Å². The highest BCUT2D eigenvalue weighted by molar-refractivity contribution is 6.04. The SMILES string of the molecule is CCN(c1ccc(NC(=O)c2ccc(NC(N)=O)cc2)cc1)C(C)C. The molecule has 25 heavy (non-hydrogen) atoms. The lowest BCUT2D eigenvalue weighted by molar-refractivity contribution is 0.102. The quantitative estimate of drug-likeness (QED) is 0.750. The Balaban J connectivity index is 2.04. The number of carbonyl (C=O) groups is 2. The topological polar surface area (TPSA) is 87.5 Å². The van der Waals surface area contributed by atoms with Gasteiger partial charge in [-0.15, -0.1) is 0 Å². The van der Waals surface area contributed by atoms with Crippen LogP contribution in [0.1, 0.15) is 31.1 Å². The van der Waals surface area contributed by atoms with E-state index in [-0.39, 0.29) is 5.91 Å². The monoisotopic (exact) mass is 340 g/mol. The Kier molecular flexibility index (Phi) is 6.00. The van der Waals surface area contributed by atoms with Crippen LogP contribution in [0.5, 0.6) is 0 Å². The van der Waals surface area contributed by atoms with E-state index in [1.165, 1.54) is 0 Å². The maximum absolute atomic E-state index is 12.3. The summed E-state index contributed by atoms with van der Waals surface area (Å²) in [6, 6.07) is 14.1. The average Bonchev–Trinajstić information content (AvgIpc) is 2.57. The van der Waals surface area contributed by atoms with Crippen LogP contribution in [-0.2, 0) is 0 Å². The first-order chi connectivity index (χ1) is 11.9. The van der Waals surface area contributed by atoms with Crippen molar-refractivity contribution < 1.29 is 9.59 Å². The summed E-state index contributed by atoms with van der Waals surface area (Å²) < 4.78 is 0. The molecule has 0 unspecified atom stereocenters. The fourth-order valence-electron chi connectivity index (χ4n) is 2.63. The van der Waals surface area contributed by atoms with Crippen molar-refractivity contribution in [3.8, 4) is 0 Å². The van der Waals surface area contributed by atoms with E-state index < -0.39 is 6.03 Å². The number of anilines is 3. The highest BCUT2D eigenvalue weighted by Crippen LogP contribution is 2.20. The van der Waals surface area contributed by atoms with Gasteiger partial charge in [-0.2, -0.15) is 0 Å². The number of primary amides is 1. The van der Waals surface area contributed by atoms with E-state index in [2.05, 4.69) is 36.3 Å². The summed E-state index contributed by atoms with van der Waals surface area (Å²) in [7, 11) is 0. The Bertz CT molecular complexity index is 724. The first-order valence-electron chi connectivity index (χ1n) is 8.25. The van der Waals surface area contributed by atoms with E-state index in [1.54, 1.807) is 24.3 Å². The van der Waals surface area contributed by atoms with E-state index in [0.717, 1.165) is 17.9 Å². The molecule has 2 aromatic carbocycles. The fraction of sp³-hybridized carbons (Fsp3) is 0.263. The molecule has 132 valence electrons. The van der Waals surface area contributed by atoms with Gasteiger partial charge in [0.1, 0.15) is 0 Å². The fourth-order valence-corrected chi connectivity index (χ4v) is 2.63. The van der Waals surface area contributed by atoms with Crippen molar-refractivity contribution in [2.75, 3.05) is 22.1 Å². The highest BCUT2D eigenvalue weighted by Gasteiger charge is 2.10. The Labute approximate surface area is 148 Å². The maximum Gasteiger partial charge on any atom is 0.316 e. The number of hydrogen-bond donors (Lipinski definition) is 3. The summed E-state index contributed by atoms with van der Waals surface area (Å²) in [6.45, 7) is 7.34. The zero-order valence-electron chi connectivity index (χ0n) is 14.7. The summed E-state index contributed by atoms with van der Waals surface area (Å²) in [5.74, 6) is -0.213. The molecule has 6 nitrogen and oxygen atoms in total. The van der Waals surface area contributed by atoms with Crippen molar-refractivity contribution in [1.82, 2.24) is 0 Å². The maximum atomic E-state index is 12.3. The van der Waals surface area contributed by atoms with E-state index in [9.17, 15) is 9.59 Å². The number of nitrogens with one attached hydrogen (secondary N) is 2. The van der Waals surface area contributed by atoms with Crippen LogP contribution in [0.25, 0.3) is 0 Å². The highest BCUT2D eigenvalue weighted by atomic mass is 16.2. The first-order valence-corrected chi connectivity index (χ1v) is 8.25. The molecule has 0 fully saturated rings. The van der Waals surface area contributed by atoms with Crippen molar-refractivity contribution >= 4 is 29.0 Å². The predicted octanol–water partition coefficient (Wildman–Crippen LogP) is 3.66. The van der Waals surface area contributed by atoms with Crippen LogP contribution in [0.4, 0.5) is 21.9 Å². The molecular weight excluding hydrogens is 316 g/mol. The van der Waals surface area contributed by atoms with Crippen LogP contribution in [-0.4, -0.2) is 24.5 Å². The van der Waals surface area contributed by atoms with Gasteiger partial charge in [0, 0.05) is 35.2 Å². The molecule has 2 rings (SSSR count). The molecule has 0 aromatic heterocycles. The van der Waals surface area contributed by atoms with Gasteiger partial charge in [-0.05, 0) is 69.3 Å². The van der Waals surface area contributed by atoms with Crippen LogP contribution in [0.15, 0.2) is 48.5 Å². The van der Waals surface area contributed by atoms with Crippen molar-refractivity contribution in [3.05, 3.63) is 54.1 Å². The third-order valence-corrected chi connectivity index (χ3v) is 3.84. The number of carbonyl (C=O) groups excluding carboxylic acids is 2. The van der Waals surface area contributed by atoms with Gasteiger partial charge >= 0.3 is 6.03 Å². The van der Waals surface area contributed by atoms with E-state index in [0.29, 0.717) is 17.3 Å². The molecule has 0 heterocycles. The molecule has 0 aliphatic heterocycles. The van der Waals surface area contributed by atoms with Crippen molar-refractivity contribution in [2.45, 2.75) is 26.8 Å². The van der Waals surface area contributed by atoms with Gasteiger partial charge in [-0.1, -0.05) is 0 Å². The summed E-state index contributed by atoms with van der Waals surface area (Å²) >= 11 is 0. The van der Waals surface area contributed by atoms with Gasteiger partial charge in [0.15, 0.2) is 0 Å². The first kappa shape index (κ1) is 18.3. The van der Waals surface area contributed by atoms with Gasteiger partial charge in [0.05, 0.1) is 0 Å². The van der Waals surface area contributed by atoms with Crippen LogP contribution in [0, 0.1) is 0 Å². The van der Waals surface area contributed by atoms with Gasteiger partial charge in [0.2, 0.25) is 0 Å². The molecule has 0 aliphatic rings. The average molecular weight is 340 g/mol. The standard InChI is InChI=1S/C19H24N4O2/c1-4-23(13(2)3)17-11-9-15(10-12-17)21-18(24)14-5-7-16(8-6-14)22-19(20)25/h5-13H,4H2,1-3H3,(H,21,24)(H3,20,22,25). The number of benzene rings is 2. The minimum atomic E-state index is -0.639. The molecule has 0 radical (unpaired) electrons. The molecular formula is C19H24N4O2. The summed E-state index contributed by atoms with van der Waals surface area (Å²) in [5.41, 5.74) is 7.95. The molecule has 0 saturated carbocycles. The van der Waals surface area contributed by atoms with Gasteiger partial charge in [-0.25, -0.2) is 4.79 Å². The molecule has 6 heteroatoms. The summed E-state index contributed by atoms with van der Waals surface area (Å²) in [5, 5.41) is 5.32. The van der Waals surface area contributed by atoms with Crippen molar-refractivity contribution in [1.29, 1.82) is 0 Å². The van der Waals surface area contributed by atoms with E-state index >= 15 is 0 Å². The number of amides is 3. The molecule has 4 N–H and O–H groups in total. The number of urea groups is 1. The lowest BCUT2D eigenvalue weighted by Crippen LogP contribution is -2.30.